The molecule has 0 heterocycles. The molecule has 1 atom stereocenters. The van der Waals surface area contributed by atoms with E-state index >= 15 is 0 Å². The highest BCUT2D eigenvalue weighted by molar-refractivity contribution is 6.60. The fourth-order valence-electron chi connectivity index (χ4n) is 1.60. The van der Waals surface area contributed by atoms with E-state index in [2.05, 4.69) is 6.92 Å². The molecule has 0 saturated heterocycles. The second kappa shape index (κ2) is 9.28. The van der Waals surface area contributed by atoms with E-state index in [-0.39, 0.29) is 17.9 Å². The van der Waals surface area contributed by atoms with E-state index in [0.29, 0.717) is 25.7 Å². The Balaban J connectivity index is 0. The predicted molar refractivity (Wildman–Crippen MR) is 80.1 cm³/mol. The Labute approximate surface area is 119 Å². The average molecular weight is 300 g/mol. The van der Waals surface area contributed by atoms with Crippen molar-refractivity contribution in [2.75, 3.05) is 19.8 Å². The normalized spacial score (nSPS) is 14.2. The van der Waals surface area contributed by atoms with Gasteiger partial charge in [0.05, 0.1) is 0 Å². The first-order valence-corrected chi connectivity index (χ1v) is 8.45. The second-order valence-electron chi connectivity index (χ2n) is 4.91. The van der Waals surface area contributed by atoms with Crippen LogP contribution in [-0.2, 0) is 13.3 Å². The SMILES string of the molecule is CCO[Si](CC(C)C(C)(C)N)(OCC)OCC.Cl. The molecule has 0 spiro atoms. The standard InChI is InChI=1S/C12H29NO3Si.ClH/c1-7-14-17(15-8-2,16-9-3)10-11(4)12(5,6)13;/h11H,7-10,13H2,1-6H3;1H. The van der Waals surface area contributed by atoms with E-state index in [9.17, 15) is 0 Å². The molecule has 0 aliphatic carbocycles. The topological polar surface area (TPSA) is 53.7 Å². The van der Waals surface area contributed by atoms with E-state index < -0.39 is 8.80 Å². The van der Waals surface area contributed by atoms with Crippen molar-refractivity contribution in [1.29, 1.82) is 0 Å². The van der Waals surface area contributed by atoms with Crippen LogP contribution >= 0.6 is 12.4 Å². The Kier molecular flexibility index (Phi) is 10.7. The van der Waals surface area contributed by atoms with Gasteiger partial charge in [-0.15, -0.1) is 12.4 Å². The third kappa shape index (κ3) is 7.06. The zero-order valence-electron chi connectivity index (χ0n) is 12.6. The number of rotatable bonds is 9. The highest BCUT2D eigenvalue weighted by atomic mass is 35.5. The third-order valence-corrected chi connectivity index (χ3v) is 6.22. The molecule has 18 heavy (non-hydrogen) atoms. The van der Waals surface area contributed by atoms with E-state index in [1.54, 1.807) is 0 Å². The summed E-state index contributed by atoms with van der Waals surface area (Å²) in [4.78, 5) is 0. The summed E-state index contributed by atoms with van der Waals surface area (Å²) in [6.07, 6.45) is 0. The van der Waals surface area contributed by atoms with Crippen molar-refractivity contribution in [2.45, 2.75) is 53.1 Å². The molecule has 0 aliphatic heterocycles. The maximum absolute atomic E-state index is 6.13. The van der Waals surface area contributed by atoms with Crippen molar-refractivity contribution in [3.05, 3.63) is 0 Å². The van der Waals surface area contributed by atoms with Gasteiger partial charge in [-0.2, -0.15) is 0 Å². The van der Waals surface area contributed by atoms with E-state index in [1.165, 1.54) is 0 Å². The van der Waals surface area contributed by atoms with Crippen LogP contribution in [0.1, 0.15) is 41.5 Å². The Bertz CT molecular complexity index is 195. The van der Waals surface area contributed by atoms with Crippen molar-refractivity contribution < 1.29 is 13.3 Å². The Morgan fingerprint density at radius 3 is 1.56 bits per heavy atom. The van der Waals surface area contributed by atoms with Crippen LogP contribution in [-0.4, -0.2) is 34.2 Å². The molecule has 0 aromatic rings. The summed E-state index contributed by atoms with van der Waals surface area (Å²) in [5.41, 5.74) is 5.88. The number of hydrogen-bond donors (Lipinski definition) is 1. The van der Waals surface area contributed by atoms with Crippen LogP contribution in [0.4, 0.5) is 0 Å². The number of nitrogens with two attached hydrogens (primary N) is 1. The van der Waals surface area contributed by atoms with Crippen molar-refractivity contribution in [2.24, 2.45) is 11.7 Å². The molecule has 0 aliphatic rings. The third-order valence-electron chi connectivity index (χ3n) is 2.92. The van der Waals surface area contributed by atoms with Crippen LogP contribution in [0.2, 0.25) is 6.04 Å². The monoisotopic (exact) mass is 299 g/mol. The van der Waals surface area contributed by atoms with Gasteiger partial charge in [-0.25, -0.2) is 0 Å². The van der Waals surface area contributed by atoms with Crippen molar-refractivity contribution >= 4 is 21.2 Å². The van der Waals surface area contributed by atoms with Crippen LogP contribution in [0.25, 0.3) is 0 Å². The molecule has 0 rings (SSSR count). The lowest BCUT2D eigenvalue weighted by molar-refractivity contribution is 0.0646. The quantitative estimate of drug-likeness (QED) is 0.665. The van der Waals surface area contributed by atoms with Crippen LogP contribution in [0.5, 0.6) is 0 Å². The Hall–Kier alpha value is 0.347. The summed E-state index contributed by atoms with van der Waals surface area (Å²) in [6.45, 7) is 13.9. The fraction of sp³-hybridized carbons (Fsp3) is 1.00. The Morgan fingerprint density at radius 2 is 1.33 bits per heavy atom. The lowest BCUT2D eigenvalue weighted by atomic mass is 9.92. The van der Waals surface area contributed by atoms with Gasteiger partial charge in [0.2, 0.25) is 0 Å². The number of halogens is 1. The summed E-state index contributed by atoms with van der Waals surface area (Å²) >= 11 is 0. The molecule has 2 N–H and O–H groups in total. The van der Waals surface area contributed by atoms with Crippen molar-refractivity contribution in [3.63, 3.8) is 0 Å². The molecular weight excluding hydrogens is 270 g/mol. The molecule has 0 saturated carbocycles. The summed E-state index contributed by atoms with van der Waals surface area (Å²) in [5.74, 6) is 0.291. The van der Waals surface area contributed by atoms with Gasteiger partial charge >= 0.3 is 8.80 Å². The molecular formula is C12H30ClNO3Si. The highest BCUT2D eigenvalue weighted by Gasteiger charge is 2.44. The summed E-state index contributed by atoms with van der Waals surface area (Å²) in [5, 5.41) is 0. The fourth-order valence-corrected chi connectivity index (χ4v) is 4.80. The van der Waals surface area contributed by atoms with E-state index in [4.69, 9.17) is 19.0 Å². The zero-order chi connectivity index (χ0) is 13.5. The first kappa shape index (κ1) is 20.7. The molecule has 0 aromatic carbocycles. The van der Waals surface area contributed by atoms with E-state index in [0.717, 1.165) is 6.04 Å². The first-order valence-electron chi connectivity index (χ1n) is 6.52. The predicted octanol–water partition coefficient (Wildman–Crippen LogP) is 2.83. The molecule has 6 heteroatoms. The lowest BCUT2D eigenvalue weighted by Gasteiger charge is -2.35. The smallest absolute Gasteiger partial charge is 0.374 e. The molecule has 0 aromatic heterocycles. The van der Waals surface area contributed by atoms with Crippen molar-refractivity contribution in [1.82, 2.24) is 0 Å². The summed E-state index contributed by atoms with van der Waals surface area (Å²) in [7, 11) is -2.55. The van der Waals surface area contributed by atoms with Gasteiger partial charge < -0.3 is 19.0 Å². The Morgan fingerprint density at radius 1 is 1.00 bits per heavy atom. The van der Waals surface area contributed by atoms with Gasteiger partial charge in [-0.1, -0.05) is 6.92 Å². The van der Waals surface area contributed by atoms with E-state index in [1.807, 2.05) is 34.6 Å². The molecule has 112 valence electrons. The minimum absolute atomic E-state index is 0. The second-order valence-corrected chi connectivity index (χ2v) is 7.55. The van der Waals surface area contributed by atoms with Gasteiger partial charge in [0.15, 0.2) is 0 Å². The van der Waals surface area contributed by atoms with Gasteiger partial charge in [-0.3, -0.25) is 0 Å². The minimum atomic E-state index is -2.55. The number of hydrogen-bond acceptors (Lipinski definition) is 4. The maximum atomic E-state index is 6.13. The van der Waals surface area contributed by atoms with Gasteiger partial charge in [0, 0.05) is 31.4 Å². The largest absolute Gasteiger partial charge is 0.501 e. The maximum Gasteiger partial charge on any atom is 0.501 e. The van der Waals surface area contributed by atoms with Crippen LogP contribution in [0.15, 0.2) is 0 Å². The van der Waals surface area contributed by atoms with Crippen LogP contribution in [0, 0.1) is 5.92 Å². The first-order chi connectivity index (χ1) is 7.81. The van der Waals surface area contributed by atoms with Crippen LogP contribution in [0.3, 0.4) is 0 Å². The molecule has 0 amide bonds. The van der Waals surface area contributed by atoms with Crippen LogP contribution < -0.4 is 5.73 Å². The van der Waals surface area contributed by atoms with Gasteiger partial charge in [-0.05, 0) is 40.5 Å². The zero-order valence-corrected chi connectivity index (χ0v) is 14.4. The highest BCUT2D eigenvalue weighted by Crippen LogP contribution is 2.27. The van der Waals surface area contributed by atoms with Gasteiger partial charge in [0.25, 0.3) is 0 Å². The molecule has 1 unspecified atom stereocenters. The lowest BCUT2D eigenvalue weighted by Crippen LogP contribution is -2.51. The molecule has 0 radical (unpaired) electrons. The minimum Gasteiger partial charge on any atom is -0.374 e. The molecule has 0 bridgehead atoms. The summed E-state index contributed by atoms with van der Waals surface area (Å²) < 4.78 is 17.4. The van der Waals surface area contributed by atoms with Crippen molar-refractivity contribution in [3.8, 4) is 0 Å². The summed E-state index contributed by atoms with van der Waals surface area (Å²) in [6, 6.07) is 0.770. The average Bonchev–Trinajstić information content (AvgIpc) is 2.17. The van der Waals surface area contributed by atoms with Gasteiger partial charge in [0.1, 0.15) is 0 Å². The molecule has 0 fully saturated rings. The molecule has 4 nitrogen and oxygen atoms in total.